The number of thiophene rings is 1. The molecular formula is C21H30N2O2S3. The predicted molar refractivity (Wildman–Crippen MR) is 123 cm³/mol. The molecule has 0 atom stereocenters. The molecule has 3 rings (SSSR count). The van der Waals surface area contributed by atoms with Gasteiger partial charge in [0.05, 0.1) is 15.6 Å². The molecule has 0 amide bonds. The normalized spacial score (nSPS) is 17.1. The minimum absolute atomic E-state index is 0.348. The first kappa shape index (κ1) is 21.5. The Hall–Kier alpha value is -1.18. The highest BCUT2D eigenvalue weighted by Crippen LogP contribution is 2.39. The second-order valence-electron chi connectivity index (χ2n) is 8.47. The Balaban J connectivity index is 1.86. The first-order chi connectivity index (χ1) is 13.1. The van der Waals surface area contributed by atoms with Crippen molar-refractivity contribution in [2.45, 2.75) is 61.1 Å². The van der Waals surface area contributed by atoms with Crippen LogP contribution in [0.4, 0.5) is 11.4 Å². The van der Waals surface area contributed by atoms with Crippen molar-refractivity contribution in [3.8, 4) is 0 Å². The molecule has 0 bridgehead atoms. The molecule has 28 heavy (non-hydrogen) atoms. The van der Waals surface area contributed by atoms with E-state index in [1.54, 1.807) is 17.8 Å². The molecule has 4 nitrogen and oxygen atoms in total. The summed E-state index contributed by atoms with van der Waals surface area (Å²) in [6.07, 6.45) is 2.21. The van der Waals surface area contributed by atoms with Crippen molar-refractivity contribution in [1.82, 2.24) is 0 Å². The lowest BCUT2D eigenvalue weighted by molar-refractivity contribution is 0.280. The highest BCUT2D eigenvalue weighted by Gasteiger charge is 2.28. The van der Waals surface area contributed by atoms with Gasteiger partial charge in [0, 0.05) is 18.3 Å². The van der Waals surface area contributed by atoms with Crippen molar-refractivity contribution in [1.29, 1.82) is 0 Å². The summed E-state index contributed by atoms with van der Waals surface area (Å²) >= 11 is 3.02. The largest absolute Gasteiger partial charge is 0.370 e. The number of thioether (sulfide) groups is 1. The van der Waals surface area contributed by atoms with Gasteiger partial charge in [0.2, 0.25) is 0 Å². The highest BCUT2D eigenvalue weighted by molar-refractivity contribution is 8.02. The molecule has 1 aliphatic heterocycles. The van der Waals surface area contributed by atoms with Gasteiger partial charge in [0.1, 0.15) is 4.21 Å². The Morgan fingerprint density at radius 1 is 1.14 bits per heavy atom. The number of hydrogen-bond donors (Lipinski definition) is 1. The van der Waals surface area contributed by atoms with Crippen LogP contribution in [0.5, 0.6) is 0 Å². The van der Waals surface area contributed by atoms with Crippen LogP contribution in [0.3, 0.4) is 0 Å². The summed E-state index contributed by atoms with van der Waals surface area (Å²) < 4.78 is 30.3. The number of sulfonamides is 1. The molecule has 1 saturated heterocycles. The van der Waals surface area contributed by atoms with Crippen LogP contribution < -0.4 is 9.62 Å². The van der Waals surface area contributed by atoms with Crippen LogP contribution in [-0.4, -0.2) is 26.8 Å². The quantitative estimate of drug-likeness (QED) is 0.563. The Morgan fingerprint density at radius 2 is 1.82 bits per heavy atom. The van der Waals surface area contributed by atoms with Gasteiger partial charge in [-0.1, -0.05) is 39.8 Å². The molecule has 2 heterocycles. The zero-order valence-electron chi connectivity index (χ0n) is 17.3. The number of hydrogen-bond acceptors (Lipinski definition) is 5. The van der Waals surface area contributed by atoms with E-state index in [1.165, 1.54) is 11.3 Å². The molecule has 0 spiro atoms. The van der Waals surface area contributed by atoms with Gasteiger partial charge in [-0.3, -0.25) is 4.72 Å². The molecule has 1 aromatic heterocycles. The molecule has 0 unspecified atom stereocenters. The van der Waals surface area contributed by atoms with Gasteiger partial charge in [0.25, 0.3) is 10.0 Å². The lowest BCUT2D eigenvalue weighted by Gasteiger charge is -2.39. The number of anilines is 2. The summed E-state index contributed by atoms with van der Waals surface area (Å²) in [4.78, 5) is 2.33. The lowest BCUT2D eigenvalue weighted by atomic mass is 9.82. The fourth-order valence-electron chi connectivity index (χ4n) is 3.44. The van der Waals surface area contributed by atoms with E-state index in [0.717, 1.165) is 41.4 Å². The molecule has 0 radical (unpaired) electrons. The summed E-state index contributed by atoms with van der Waals surface area (Å²) in [6, 6.07) is 9.44. The maximum Gasteiger partial charge on any atom is 0.271 e. The molecule has 1 aliphatic rings. The molecule has 2 aromatic rings. The van der Waals surface area contributed by atoms with Gasteiger partial charge in [-0.2, -0.15) is 0 Å². The summed E-state index contributed by atoms with van der Waals surface area (Å²) in [5.41, 5.74) is 3.13. The van der Waals surface area contributed by atoms with Crippen LogP contribution in [0.2, 0.25) is 0 Å². The summed E-state index contributed by atoms with van der Waals surface area (Å²) in [5, 5.41) is 0.425. The van der Waals surface area contributed by atoms with Crippen LogP contribution in [0.15, 0.2) is 38.8 Å². The molecule has 1 aromatic carbocycles. The maximum atomic E-state index is 13.0. The first-order valence-corrected chi connectivity index (χ1v) is 12.9. The van der Waals surface area contributed by atoms with E-state index in [9.17, 15) is 8.42 Å². The minimum Gasteiger partial charge on any atom is -0.370 e. The average molecular weight is 439 g/mol. The number of aryl methyl sites for hydroxylation is 1. The number of piperidine rings is 1. The van der Waals surface area contributed by atoms with E-state index in [2.05, 4.69) is 50.3 Å². The molecule has 154 valence electrons. The molecule has 0 saturated carbocycles. The van der Waals surface area contributed by atoms with Gasteiger partial charge < -0.3 is 4.90 Å². The second kappa shape index (κ2) is 8.28. The Bertz CT molecular complexity index is 923. The maximum absolute atomic E-state index is 13.0. The molecule has 1 fully saturated rings. The standard InChI is InChI=1S/C21H30N2O2S3/c1-15(2)26-18-9-10-19(27-18)28(24,25)22-17-8-6-7-16(3)20(17)23-13-11-21(4,5)12-14-23/h6-10,15,22H,11-14H2,1-5H3. The topological polar surface area (TPSA) is 49.4 Å². The number of nitrogens with zero attached hydrogens (tertiary/aromatic N) is 1. The summed E-state index contributed by atoms with van der Waals surface area (Å²) in [6.45, 7) is 12.8. The van der Waals surface area contributed by atoms with Crippen LogP contribution >= 0.6 is 23.1 Å². The lowest BCUT2D eigenvalue weighted by Crippen LogP contribution is -2.38. The van der Waals surface area contributed by atoms with Gasteiger partial charge in [-0.05, 0) is 48.9 Å². The number of para-hydroxylation sites is 1. The fraction of sp³-hybridized carbons (Fsp3) is 0.524. The molecule has 7 heteroatoms. The van der Waals surface area contributed by atoms with Gasteiger partial charge in [-0.25, -0.2) is 8.42 Å². The van der Waals surface area contributed by atoms with Crippen LogP contribution in [0.1, 0.15) is 46.1 Å². The first-order valence-electron chi connectivity index (χ1n) is 9.71. The van der Waals surface area contributed by atoms with Gasteiger partial charge in [0.15, 0.2) is 0 Å². The number of benzene rings is 1. The predicted octanol–water partition coefficient (Wildman–Crippen LogP) is 5.98. The van der Waals surface area contributed by atoms with Crippen LogP contribution in [-0.2, 0) is 10.0 Å². The third-order valence-electron chi connectivity index (χ3n) is 5.09. The Labute approximate surface area is 177 Å². The number of nitrogens with one attached hydrogen (secondary N) is 1. The molecular weight excluding hydrogens is 408 g/mol. The van der Waals surface area contributed by atoms with E-state index in [0.29, 0.717) is 20.6 Å². The van der Waals surface area contributed by atoms with E-state index >= 15 is 0 Å². The van der Waals surface area contributed by atoms with Crippen molar-refractivity contribution >= 4 is 44.5 Å². The van der Waals surface area contributed by atoms with Crippen molar-refractivity contribution in [3.63, 3.8) is 0 Å². The Kier molecular flexibility index (Phi) is 6.37. The summed E-state index contributed by atoms with van der Waals surface area (Å²) in [5.74, 6) is 0. The average Bonchev–Trinajstić information content (AvgIpc) is 3.04. The smallest absolute Gasteiger partial charge is 0.271 e. The van der Waals surface area contributed by atoms with Gasteiger partial charge >= 0.3 is 0 Å². The van der Waals surface area contributed by atoms with E-state index in [4.69, 9.17) is 0 Å². The van der Waals surface area contributed by atoms with E-state index in [-0.39, 0.29) is 0 Å². The third-order valence-corrected chi connectivity index (χ3v) is 9.20. The van der Waals surface area contributed by atoms with E-state index < -0.39 is 10.0 Å². The monoisotopic (exact) mass is 438 g/mol. The Morgan fingerprint density at radius 3 is 2.46 bits per heavy atom. The summed E-state index contributed by atoms with van der Waals surface area (Å²) in [7, 11) is -3.60. The number of rotatable bonds is 6. The van der Waals surface area contributed by atoms with Crippen molar-refractivity contribution < 1.29 is 8.42 Å². The highest BCUT2D eigenvalue weighted by atomic mass is 32.3. The SMILES string of the molecule is Cc1cccc(NS(=O)(=O)c2ccc(SC(C)C)s2)c1N1CCC(C)(C)CC1. The van der Waals surface area contributed by atoms with Crippen molar-refractivity contribution in [2.24, 2.45) is 5.41 Å². The minimum atomic E-state index is -3.60. The molecule has 1 N–H and O–H groups in total. The fourth-order valence-corrected chi connectivity index (χ4v) is 7.35. The third kappa shape index (κ3) is 5.05. The van der Waals surface area contributed by atoms with E-state index in [1.807, 2.05) is 18.2 Å². The van der Waals surface area contributed by atoms with Crippen LogP contribution in [0.25, 0.3) is 0 Å². The second-order valence-corrected chi connectivity index (χ2v) is 13.3. The molecule has 0 aliphatic carbocycles. The zero-order chi connectivity index (χ0) is 20.5. The van der Waals surface area contributed by atoms with Crippen molar-refractivity contribution in [2.75, 3.05) is 22.7 Å². The van der Waals surface area contributed by atoms with Crippen LogP contribution in [0, 0.1) is 12.3 Å². The van der Waals surface area contributed by atoms with Crippen molar-refractivity contribution in [3.05, 3.63) is 35.9 Å². The zero-order valence-corrected chi connectivity index (χ0v) is 19.7. The van der Waals surface area contributed by atoms with Gasteiger partial charge in [-0.15, -0.1) is 23.1 Å².